The Balaban J connectivity index is 0.000000478. The van der Waals surface area contributed by atoms with Gasteiger partial charge in [-0.1, -0.05) is 135 Å². The predicted octanol–water partition coefficient (Wildman–Crippen LogP) is 7.93. The molecule has 4 aromatic rings. The normalized spacial score (nSPS) is 14.2. The standard InChI is InChI=1S/C28H28P2.C5H5.HI.Ru/c1-23(29(25-15-7-3-8-16-25)26-17-9-4-10-18-26)24(2)30(27-19-11-5-12-20-27)28-21-13-6-14-22-28;1-2-4-5-3-1;;/h3-24H,1-2H3;1-5H;1H;/q;;;+2/p-1/t23-,24-;;;/m0.../s1. The van der Waals surface area contributed by atoms with Gasteiger partial charge in [0.15, 0.2) is 0 Å². The van der Waals surface area contributed by atoms with Crippen LogP contribution in [-0.2, 0) is 14.8 Å². The van der Waals surface area contributed by atoms with Gasteiger partial charge in [-0.05, 0) is 80.5 Å². The monoisotopic (exact) mass is 720 g/mol. The predicted molar refractivity (Wildman–Crippen MR) is 173 cm³/mol. The van der Waals surface area contributed by atoms with Crippen LogP contribution < -0.4 is 21.2 Å². The van der Waals surface area contributed by atoms with E-state index in [0.717, 1.165) is 0 Å². The Morgan fingerprint density at radius 3 is 0.784 bits per heavy atom. The van der Waals surface area contributed by atoms with Crippen molar-refractivity contribution in [3.63, 3.8) is 0 Å². The van der Waals surface area contributed by atoms with E-state index in [1.807, 2.05) is 32.1 Å². The summed E-state index contributed by atoms with van der Waals surface area (Å²) >= 11 is 4.40. The van der Waals surface area contributed by atoms with Crippen LogP contribution >= 0.6 is 35.6 Å². The van der Waals surface area contributed by atoms with Gasteiger partial charge in [-0.15, -0.1) is 0 Å². The summed E-state index contributed by atoms with van der Waals surface area (Å²) in [6.45, 7) is 4.94. The van der Waals surface area contributed by atoms with Crippen LogP contribution in [0.3, 0.4) is 0 Å². The fourth-order valence-corrected chi connectivity index (χ4v) is 10.5. The summed E-state index contributed by atoms with van der Waals surface area (Å²) in [7, 11) is -0.897. The van der Waals surface area contributed by atoms with Crippen LogP contribution in [0.5, 0.6) is 0 Å². The van der Waals surface area contributed by atoms with E-state index >= 15 is 0 Å². The van der Waals surface area contributed by atoms with Gasteiger partial charge in [0.2, 0.25) is 0 Å². The van der Waals surface area contributed by atoms with Crippen LogP contribution in [-0.4, -0.2) is 11.3 Å². The molecule has 1 aliphatic rings. The Bertz CT molecular complexity index is 933. The van der Waals surface area contributed by atoms with Crippen molar-refractivity contribution in [3.8, 4) is 0 Å². The molecule has 1 fully saturated rings. The van der Waals surface area contributed by atoms with E-state index in [1.165, 1.54) is 21.2 Å². The van der Waals surface area contributed by atoms with Crippen LogP contribution in [0.25, 0.3) is 0 Å². The molecule has 5 radical (unpaired) electrons. The quantitative estimate of drug-likeness (QED) is 0.104. The molecule has 0 spiro atoms. The number of hydrogen-bond donors (Lipinski definition) is 0. The molecule has 2 atom stereocenters. The topological polar surface area (TPSA) is 0 Å². The van der Waals surface area contributed by atoms with Crippen LogP contribution in [0.15, 0.2) is 121 Å². The van der Waals surface area contributed by atoms with Crippen LogP contribution in [0.4, 0.5) is 0 Å². The van der Waals surface area contributed by atoms with Crippen molar-refractivity contribution in [2.45, 2.75) is 25.2 Å². The first kappa shape index (κ1) is 30.6. The van der Waals surface area contributed by atoms with Crippen molar-refractivity contribution < 1.29 is 14.8 Å². The maximum atomic E-state index is 2.47. The van der Waals surface area contributed by atoms with Crippen LogP contribution in [0, 0.1) is 32.1 Å². The zero-order chi connectivity index (χ0) is 26.3. The molecule has 4 heteroatoms. The first-order valence-electron chi connectivity index (χ1n) is 12.3. The minimum atomic E-state index is -0.448. The summed E-state index contributed by atoms with van der Waals surface area (Å²) in [5.41, 5.74) is 1.10. The van der Waals surface area contributed by atoms with Gasteiger partial charge < -0.3 is 0 Å². The van der Waals surface area contributed by atoms with Crippen LogP contribution in [0.1, 0.15) is 13.8 Å². The van der Waals surface area contributed by atoms with Crippen molar-refractivity contribution in [2.24, 2.45) is 0 Å². The summed E-state index contributed by atoms with van der Waals surface area (Å²) in [6.07, 6.45) is 10.0. The van der Waals surface area contributed by atoms with Crippen molar-refractivity contribution >= 4 is 56.8 Å². The molecule has 1 aliphatic carbocycles. The molecule has 0 saturated heterocycles. The second-order valence-electron chi connectivity index (χ2n) is 8.53. The van der Waals surface area contributed by atoms with E-state index in [1.54, 1.807) is 0 Å². The van der Waals surface area contributed by atoms with E-state index in [-0.39, 0.29) is 0 Å². The van der Waals surface area contributed by atoms with E-state index in [4.69, 9.17) is 0 Å². The molecule has 37 heavy (non-hydrogen) atoms. The Hall–Kier alpha value is -0.907. The number of halogens is 1. The Morgan fingerprint density at radius 1 is 0.405 bits per heavy atom. The molecule has 0 aliphatic heterocycles. The first-order chi connectivity index (χ1) is 18.3. The molecule has 189 valence electrons. The van der Waals surface area contributed by atoms with Gasteiger partial charge >= 0.3 is 34.5 Å². The third kappa shape index (κ3) is 9.36. The van der Waals surface area contributed by atoms with Crippen molar-refractivity contribution in [1.82, 2.24) is 0 Å². The molecule has 0 N–H and O–H groups in total. The van der Waals surface area contributed by atoms with Gasteiger partial charge in [-0.2, -0.15) is 0 Å². The molecule has 0 unspecified atom stereocenters. The van der Waals surface area contributed by atoms with Gasteiger partial charge in [0.05, 0.1) is 0 Å². The number of benzene rings is 4. The summed E-state index contributed by atoms with van der Waals surface area (Å²) in [4.78, 5) is 0. The van der Waals surface area contributed by atoms with E-state index in [2.05, 4.69) is 170 Å². The third-order valence-corrected chi connectivity index (χ3v) is 12.4. The van der Waals surface area contributed by atoms with Crippen molar-refractivity contribution in [3.05, 3.63) is 153 Å². The van der Waals surface area contributed by atoms with Crippen molar-refractivity contribution in [2.75, 3.05) is 0 Å². The molecular weight excluding hydrogens is 686 g/mol. The Kier molecular flexibility index (Phi) is 14.6. The van der Waals surface area contributed by atoms with Gasteiger partial charge in [0, 0.05) is 0 Å². The molecule has 0 heterocycles. The molecule has 0 aromatic heterocycles. The summed E-state index contributed by atoms with van der Waals surface area (Å²) in [5, 5.41) is 5.87. The molecule has 0 nitrogen and oxygen atoms in total. The molecule has 0 bridgehead atoms. The molecule has 5 rings (SSSR count). The SMILES string of the molecule is C[C@@H]([C@H](C)P(c1ccccc1)c1ccccc1)P(c1ccccc1)c1ccccc1.[CH]1[CH][CH][CH][CH]1.[Ru+][I]. The summed E-state index contributed by atoms with van der Waals surface area (Å²) in [6, 6.07) is 44.5. The zero-order valence-electron chi connectivity index (χ0n) is 21.2. The van der Waals surface area contributed by atoms with E-state index in [0.29, 0.717) is 11.3 Å². The molecule has 1 saturated carbocycles. The Labute approximate surface area is 248 Å². The fourth-order valence-electron chi connectivity index (χ4n) is 4.35. The third-order valence-electron chi connectivity index (χ3n) is 6.21. The van der Waals surface area contributed by atoms with E-state index < -0.39 is 15.8 Å². The van der Waals surface area contributed by atoms with E-state index in [9.17, 15) is 0 Å². The molecule has 0 amide bonds. The van der Waals surface area contributed by atoms with Crippen molar-refractivity contribution in [1.29, 1.82) is 0 Å². The number of hydrogen-bond acceptors (Lipinski definition) is 0. The first-order valence-corrected chi connectivity index (χ1v) is 20.3. The average molecular weight is 720 g/mol. The summed E-state index contributed by atoms with van der Waals surface area (Å²) < 4.78 is 0. The van der Waals surface area contributed by atoms with Gasteiger partial charge in [0.1, 0.15) is 0 Å². The van der Waals surface area contributed by atoms with Crippen LogP contribution in [0.2, 0.25) is 0 Å². The van der Waals surface area contributed by atoms with Gasteiger partial charge in [-0.25, -0.2) is 0 Å². The average Bonchev–Trinajstić information content (AvgIpc) is 3.57. The molecular formula is C33H33IP2Ru+. The minimum absolute atomic E-state index is 0.448. The summed E-state index contributed by atoms with van der Waals surface area (Å²) in [5.74, 6) is 0. The van der Waals surface area contributed by atoms with Gasteiger partial charge in [0.25, 0.3) is 0 Å². The zero-order valence-corrected chi connectivity index (χ0v) is 26.9. The Morgan fingerprint density at radius 2 is 0.595 bits per heavy atom. The second kappa shape index (κ2) is 17.6. The van der Waals surface area contributed by atoms with Gasteiger partial charge in [-0.3, -0.25) is 0 Å². The number of rotatable bonds is 7. The fraction of sp³-hybridized carbons (Fsp3) is 0.121. The molecule has 4 aromatic carbocycles. The second-order valence-corrected chi connectivity index (χ2v) is 13.7. The maximum absolute atomic E-state index is 2.47.